The first-order valence-corrected chi connectivity index (χ1v) is 14.0. The molecule has 0 radical (unpaired) electrons. The molecule has 0 amide bonds. The van der Waals surface area contributed by atoms with Gasteiger partial charge in [-0.1, -0.05) is 48.0 Å². The number of anilines is 3. The Labute approximate surface area is 220 Å². The van der Waals surface area contributed by atoms with Crippen LogP contribution in [0.1, 0.15) is 72.4 Å². The normalized spacial score (nSPS) is 19.2. The summed E-state index contributed by atoms with van der Waals surface area (Å²) in [6.07, 6.45) is 4.32. The Balaban J connectivity index is 1.55. The number of aromatic nitrogens is 3. The second-order valence-corrected chi connectivity index (χ2v) is 13.4. The number of halogens is 1. The van der Waals surface area contributed by atoms with Crippen LogP contribution in [0.15, 0.2) is 28.7 Å². The van der Waals surface area contributed by atoms with Crippen molar-refractivity contribution in [3.63, 3.8) is 0 Å². The van der Waals surface area contributed by atoms with Gasteiger partial charge in [0.1, 0.15) is 5.82 Å². The van der Waals surface area contributed by atoms with Crippen molar-refractivity contribution < 1.29 is 5.11 Å². The van der Waals surface area contributed by atoms with Crippen molar-refractivity contribution in [1.82, 2.24) is 20.3 Å². The molecular formula is C26H37BrN6OS. The van der Waals surface area contributed by atoms with E-state index in [1.54, 1.807) is 11.3 Å². The van der Waals surface area contributed by atoms with E-state index in [1.165, 1.54) is 0 Å². The van der Waals surface area contributed by atoms with Gasteiger partial charge in [0.15, 0.2) is 5.13 Å². The lowest BCUT2D eigenvalue weighted by atomic mass is 9.82. The van der Waals surface area contributed by atoms with Gasteiger partial charge >= 0.3 is 0 Å². The number of hydrogen-bond donors (Lipinski definition) is 4. The van der Waals surface area contributed by atoms with Gasteiger partial charge in [-0.3, -0.25) is 0 Å². The number of rotatable bonds is 8. The van der Waals surface area contributed by atoms with Crippen LogP contribution in [0, 0.1) is 5.41 Å². The molecule has 35 heavy (non-hydrogen) atoms. The van der Waals surface area contributed by atoms with Gasteiger partial charge in [-0.15, -0.1) is 0 Å². The highest BCUT2D eigenvalue weighted by Crippen LogP contribution is 2.31. The number of aliphatic hydroxyl groups is 1. The largest absolute Gasteiger partial charge is 0.393 e. The minimum Gasteiger partial charge on any atom is -0.393 e. The van der Waals surface area contributed by atoms with Crippen molar-refractivity contribution >= 4 is 54.4 Å². The second kappa shape index (κ2) is 10.7. The highest BCUT2D eigenvalue weighted by molar-refractivity contribution is 9.10. The smallest absolute Gasteiger partial charge is 0.225 e. The summed E-state index contributed by atoms with van der Waals surface area (Å²) in [5, 5.41) is 21.3. The summed E-state index contributed by atoms with van der Waals surface area (Å²) in [4.78, 5) is 14.3. The van der Waals surface area contributed by atoms with Crippen LogP contribution in [0.2, 0.25) is 0 Å². The highest BCUT2D eigenvalue weighted by atomic mass is 79.9. The molecule has 0 saturated heterocycles. The van der Waals surface area contributed by atoms with E-state index in [4.69, 9.17) is 15.0 Å². The maximum atomic E-state index is 9.86. The van der Waals surface area contributed by atoms with Gasteiger partial charge < -0.3 is 21.1 Å². The summed E-state index contributed by atoms with van der Waals surface area (Å²) >= 11 is 5.14. The van der Waals surface area contributed by atoms with E-state index in [-0.39, 0.29) is 23.1 Å². The first-order chi connectivity index (χ1) is 16.4. The molecule has 1 aromatic carbocycles. The van der Waals surface area contributed by atoms with Crippen LogP contribution in [-0.4, -0.2) is 37.7 Å². The topological polar surface area (TPSA) is 95.0 Å². The molecule has 1 aliphatic carbocycles. The van der Waals surface area contributed by atoms with Gasteiger partial charge in [0.25, 0.3) is 0 Å². The van der Waals surface area contributed by atoms with Crippen LogP contribution in [0.4, 0.5) is 16.9 Å². The van der Waals surface area contributed by atoms with Gasteiger partial charge in [0.2, 0.25) is 5.95 Å². The average Bonchev–Trinajstić information content (AvgIpc) is 3.13. The van der Waals surface area contributed by atoms with E-state index >= 15 is 0 Å². The standard InChI is InChI=1S/C26H37BrN6OS/c1-25(2,3)15-26(4,5)28-14-18-13-22(32-23(30-18)29-17-7-9-19(34)10-8-17)33-24-31-20-11-6-16(27)12-21(20)35-24/h6,11-13,17,19,28,34H,7-10,14-15H2,1-5H3,(H2,29,30,31,32,33)/t17-,19-. The van der Waals surface area contributed by atoms with Crippen LogP contribution in [0.3, 0.4) is 0 Å². The Hall–Kier alpha value is -1.81. The molecular weight excluding hydrogens is 524 g/mol. The Morgan fingerprint density at radius 1 is 1.03 bits per heavy atom. The Kier molecular flexibility index (Phi) is 8.00. The summed E-state index contributed by atoms with van der Waals surface area (Å²) in [6.45, 7) is 11.9. The van der Waals surface area contributed by atoms with E-state index in [9.17, 15) is 5.11 Å². The zero-order valence-corrected chi connectivity index (χ0v) is 23.7. The number of thiazole rings is 1. The lowest BCUT2D eigenvalue weighted by molar-refractivity contribution is 0.126. The molecule has 4 N–H and O–H groups in total. The van der Waals surface area contributed by atoms with Gasteiger partial charge in [-0.2, -0.15) is 4.98 Å². The van der Waals surface area contributed by atoms with E-state index in [2.05, 4.69) is 72.6 Å². The van der Waals surface area contributed by atoms with Crippen molar-refractivity contribution in [3.8, 4) is 0 Å². The fourth-order valence-electron chi connectivity index (χ4n) is 4.90. The van der Waals surface area contributed by atoms with Crippen molar-refractivity contribution in [1.29, 1.82) is 0 Å². The van der Waals surface area contributed by atoms with Crippen LogP contribution >= 0.6 is 27.3 Å². The van der Waals surface area contributed by atoms with Crippen LogP contribution in [0.25, 0.3) is 10.2 Å². The molecule has 7 nitrogen and oxygen atoms in total. The fraction of sp³-hybridized carbons (Fsp3) is 0.577. The number of benzene rings is 1. The van der Waals surface area contributed by atoms with Gasteiger partial charge in [-0.05, 0) is 69.6 Å². The molecule has 0 aliphatic heterocycles. The van der Waals surface area contributed by atoms with Crippen LogP contribution in [-0.2, 0) is 6.54 Å². The maximum absolute atomic E-state index is 9.86. The minimum atomic E-state index is -0.189. The minimum absolute atomic E-state index is 0.0235. The van der Waals surface area contributed by atoms with Gasteiger partial charge in [0, 0.05) is 28.7 Å². The molecule has 1 aliphatic rings. The fourth-order valence-corrected chi connectivity index (χ4v) is 6.32. The zero-order valence-electron chi connectivity index (χ0n) is 21.3. The predicted molar refractivity (Wildman–Crippen MR) is 150 cm³/mol. The molecule has 0 spiro atoms. The molecule has 0 bridgehead atoms. The first kappa shape index (κ1) is 26.3. The van der Waals surface area contributed by atoms with Crippen LogP contribution in [0.5, 0.6) is 0 Å². The Bertz CT molecular complexity index is 1150. The third kappa shape index (κ3) is 7.84. The third-order valence-electron chi connectivity index (χ3n) is 6.11. The number of nitrogens with one attached hydrogen (secondary N) is 3. The molecule has 1 saturated carbocycles. The number of aliphatic hydroxyl groups excluding tert-OH is 1. The summed E-state index contributed by atoms with van der Waals surface area (Å²) in [5.74, 6) is 1.34. The second-order valence-electron chi connectivity index (χ2n) is 11.4. The summed E-state index contributed by atoms with van der Waals surface area (Å²) in [6, 6.07) is 8.36. The van der Waals surface area contributed by atoms with Crippen molar-refractivity contribution in [2.24, 2.45) is 5.41 Å². The number of nitrogens with zero attached hydrogens (tertiary/aromatic N) is 3. The summed E-state index contributed by atoms with van der Waals surface area (Å²) in [7, 11) is 0. The van der Waals surface area contributed by atoms with E-state index in [0.29, 0.717) is 12.5 Å². The third-order valence-corrected chi connectivity index (χ3v) is 7.54. The van der Waals surface area contributed by atoms with E-state index in [1.807, 2.05) is 18.2 Å². The van der Waals surface area contributed by atoms with Crippen molar-refractivity contribution in [2.75, 3.05) is 10.6 Å². The molecule has 0 atom stereocenters. The maximum Gasteiger partial charge on any atom is 0.225 e. The molecule has 3 aromatic rings. The SMILES string of the molecule is CC(C)(C)CC(C)(C)NCc1cc(Nc2nc3ccc(Br)cc3s2)nc(N[C@H]2CC[C@H](O)CC2)n1. The average molecular weight is 562 g/mol. The summed E-state index contributed by atoms with van der Waals surface area (Å²) in [5.41, 5.74) is 2.09. The first-order valence-electron chi connectivity index (χ1n) is 12.3. The molecule has 4 rings (SSSR count). The molecule has 0 unspecified atom stereocenters. The van der Waals surface area contributed by atoms with E-state index < -0.39 is 0 Å². The monoisotopic (exact) mass is 560 g/mol. The zero-order chi connectivity index (χ0) is 25.2. The highest BCUT2D eigenvalue weighted by Gasteiger charge is 2.25. The Morgan fingerprint density at radius 2 is 1.77 bits per heavy atom. The predicted octanol–water partition coefficient (Wildman–Crippen LogP) is 6.61. The molecule has 9 heteroatoms. The molecule has 1 fully saturated rings. The van der Waals surface area contributed by atoms with Crippen molar-refractivity contribution in [2.45, 2.75) is 91.0 Å². The van der Waals surface area contributed by atoms with Crippen LogP contribution < -0.4 is 16.0 Å². The number of hydrogen-bond acceptors (Lipinski definition) is 8. The number of fused-ring (bicyclic) bond motifs is 1. The molecule has 2 heterocycles. The lowest BCUT2D eigenvalue weighted by Gasteiger charge is -2.33. The van der Waals surface area contributed by atoms with E-state index in [0.717, 1.165) is 63.4 Å². The van der Waals surface area contributed by atoms with Gasteiger partial charge in [-0.25, -0.2) is 9.97 Å². The quantitative estimate of drug-likeness (QED) is 0.246. The Morgan fingerprint density at radius 3 is 2.49 bits per heavy atom. The van der Waals surface area contributed by atoms with Crippen molar-refractivity contribution in [3.05, 3.63) is 34.4 Å². The lowest BCUT2D eigenvalue weighted by Crippen LogP contribution is -2.42. The molecule has 190 valence electrons. The van der Waals surface area contributed by atoms with Gasteiger partial charge in [0.05, 0.1) is 22.0 Å². The molecule has 2 aromatic heterocycles. The summed E-state index contributed by atoms with van der Waals surface area (Å²) < 4.78 is 2.15.